The van der Waals surface area contributed by atoms with Crippen LogP contribution in [-0.2, 0) is 0 Å². The van der Waals surface area contributed by atoms with E-state index >= 15 is 0 Å². The molecule has 112 valence electrons. The van der Waals surface area contributed by atoms with E-state index in [0.717, 1.165) is 19.0 Å². The molecule has 0 spiro atoms. The number of rotatable bonds is 4. The molecular weight excluding hydrogens is 288 g/mol. The molecule has 0 N–H and O–H groups in total. The van der Waals surface area contributed by atoms with Crippen LogP contribution < -0.4 is 4.90 Å². The van der Waals surface area contributed by atoms with E-state index in [1.165, 1.54) is 25.7 Å². The van der Waals surface area contributed by atoms with Crippen molar-refractivity contribution >= 4 is 17.5 Å². The highest BCUT2D eigenvalue weighted by atomic mass is 35.5. The van der Waals surface area contributed by atoms with E-state index in [1.54, 1.807) is 17.1 Å². The van der Waals surface area contributed by atoms with Gasteiger partial charge in [-0.05, 0) is 36.4 Å². The fourth-order valence-electron chi connectivity index (χ4n) is 2.79. The molecule has 7 heteroatoms. The third-order valence-electron chi connectivity index (χ3n) is 3.89. The van der Waals surface area contributed by atoms with Crippen LogP contribution >= 0.6 is 11.6 Å². The van der Waals surface area contributed by atoms with Crippen molar-refractivity contribution < 1.29 is 0 Å². The van der Waals surface area contributed by atoms with E-state index < -0.39 is 0 Å². The largest absolute Gasteiger partial charge is 0.341 e. The van der Waals surface area contributed by atoms with E-state index in [0.29, 0.717) is 11.9 Å². The Labute approximate surface area is 129 Å². The maximum Gasteiger partial charge on any atom is 0.256 e. The molecule has 1 aliphatic rings. The van der Waals surface area contributed by atoms with Gasteiger partial charge in [0.05, 0.1) is 0 Å². The zero-order valence-corrected chi connectivity index (χ0v) is 12.9. The molecule has 1 aliphatic heterocycles. The van der Waals surface area contributed by atoms with Crippen LogP contribution in [0.15, 0.2) is 18.5 Å². The van der Waals surface area contributed by atoms with Gasteiger partial charge in [-0.25, -0.2) is 4.68 Å². The molecule has 0 radical (unpaired) electrons. The summed E-state index contributed by atoms with van der Waals surface area (Å²) < 4.78 is 1.60. The van der Waals surface area contributed by atoms with E-state index in [1.807, 2.05) is 6.07 Å². The summed E-state index contributed by atoms with van der Waals surface area (Å²) in [6, 6.07) is 1.83. The fourth-order valence-corrected chi connectivity index (χ4v) is 2.94. The highest BCUT2D eigenvalue weighted by Gasteiger charge is 2.21. The first kappa shape index (κ1) is 14.3. The summed E-state index contributed by atoms with van der Waals surface area (Å²) in [6.45, 7) is 4.20. The highest BCUT2D eigenvalue weighted by molar-refractivity contribution is 6.28. The number of piperidine rings is 1. The Hall–Kier alpha value is -1.69. The molecule has 2 aromatic heterocycles. The number of aromatic nitrogens is 5. The standard InChI is InChI=1S/C14H19ClN6/c1-2-4-11-5-9-20(10-6-11)13-17-12(15)18-14(19-13)21-8-3-7-16-21/h3,7-8,11H,2,4-6,9-10H2,1H3. The molecule has 3 rings (SSSR count). The average Bonchev–Trinajstić information content (AvgIpc) is 3.02. The minimum Gasteiger partial charge on any atom is -0.341 e. The van der Waals surface area contributed by atoms with E-state index in [-0.39, 0.29) is 5.28 Å². The van der Waals surface area contributed by atoms with Gasteiger partial charge in [0.25, 0.3) is 5.95 Å². The minimum absolute atomic E-state index is 0.209. The van der Waals surface area contributed by atoms with Crippen LogP contribution in [0.3, 0.4) is 0 Å². The smallest absolute Gasteiger partial charge is 0.256 e. The number of nitrogens with zero attached hydrogens (tertiary/aromatic N) is 6. The Bertz CT molecular complexity index is 577. The second-order valence-electron chi connectivity index (χ2n) is 5.37. The first-order valence-electron chi connectivity index (χ1n) is 7.43. The van der Waals surface area contributed by atoms with Gasteiger partial charge >= 0.3 is 0 Å². The maximum absolute atomic E-state index is 6.03. The molecule has 0 unspecified atom stereocenters. The van der Waals surface area contributed by atoms with Crippen molar-refractivity contribution in [2.45, 2.75) is 32.6 Å². The van der Waals surface area contributed by atoms with Gasteiger partial charge in [0, 0.05) is 25.5 Å². The van der Waals surface area contributed by atoms with Crippen molar-refractivity contribution in [3.63, 3.8) is 0 Å². The monoisotopic (exact) mass is 306 g/mol. The molecule has 6 nitrogen and oxygen atoms in total. The number of halogens is 1. The molecule has 3 heterocycles. The summed E-state index contributed by atoms with van der Waals surface area (Å²) in [5, 5.41) is 4.35. The zero-order chi connectivity index (χ0) is 14.7. The Morgan fingerprint density at radius 3 is 2.62 bits per heavy atom. The SMILES string of the molecule is CCCC1CCN(c2nc(Cl)nc(-n3cccn3)n2)CC1. The van der Waals surface area contributed by atoms with Crippen LogP contribution in [0.4, 0.5) is 5.95 Å². The molecule has 0 aliphatic carbocycles. The summed E-state index contributed by atoms with van der Waals surface area (Å²) in [6.07, 6.45) is 8.43. The lowest BCUT2D eigenvalue weighted by Crippen LogP contribution is -2.35. The van der Waals surface area contributed by atoms with Crippen molar-refractivity contribution in [2.24, 2.45) is 5.92 Å². The fraction of sp³-hybridized carbons (Fsp3) is 0.571. The number of hydrogen-bond donors (Lipinski definition) is 0. The lowest BCUT2D eigenvalue weighted by Gasteiger charge is -2.31. The van der Waals surface area contributed by atoms with Crippen LogP contribution in [0.2, 0.25) is 5.28 Å². The zero-order valence-electron chi connectivity index (χ0n) is 12.1. The Morgan fingerprint density at radius 2 is 1.95 bits per heavy atom. The first-order valence-corrected chi connectivity index (χ1v) is 7.80. The quantitative estimate of drug-likeness (QED) is 0.869. The van der Waals surface area contributed by atoms with Crippen molar-refractivity contribution in [2.75, 3.05) is 18.0 Å². The normalized spacial score (nSPS) is 16.4. The van der Waals surface area contributed by atoms with E-state index in [2.05, 4.69) is 31.9 Å². The Balaban J connectivity index is 1.77. The lowest BCUT2D eigenvalue weighted by atomic mass is 9.93. The second kappa shape index (κ2) is 6.39. The third-order valence-corrected chi connectivity index (χ3v) is 4.06. The number of anilines is 1. The Morgan fingerprint density at radius 1 is 1.19 bits per heavy atom. The van der Waals surface area contributed by atoms with Gasteiger partial charge in [0.15, 0.2) is 0 Å². The minimum atomic E-state index is 0.209. The predicted molar refractivity (Wildman–Crippen MR) is 81.8 cm³/mol. The maximum atomic E-state index is 6.03. The van der Waals surface area contributed by atoms with Crippen molar-refractivity contribution in [3.8, 4) is 5.95 Å². The van der Waals surface area contributed by atoms with Crippen LogP contribution in [0.5, 0.6) is 0 Å². The molecule has 0 saturated carbocycles. The molecule has 0 bridgehead atoms. The molecule has 21 heavy (non-hydrogen) atoms. The summed E-state index contributed by atoms with van der Waals surface area (Å²) >= 11 is 6.03. The molecule has 1 fully saturated rings. The topological polar surface area (TPSA) is 59.7 Å². The average molecular weight is 307 g/mol. The first-order chi connectivity index (χ1) is 10.3. The van der Waals surface area contributed by atoms with Gasteiger partial charge in [0.2, 0.25) is 11.2 Å². The van der Waals surface area contributed by atoms with Gasteiger partial charge in [-0.2, -0.15) is 20.1 Å². The summed E-state index contributed by atoms with van der Waals surface area (Å²) in [7, 11) is 0. The van der Waals surface area contributed by atoms with Crippen molar-refractivity contribution in [3.05, 3.63) is 23.7 Å². The van der Waals surface area contributed by atoms with Gasteiger partial charge in [0.1, 0.15) is 0 Å². The molecule has 1 saturated heterocycles. The Kier molecular flexibility index (Phi) is 4.34. The van der Waals surface area contributed by atoms with E-state index in [9.17, 15) is 0 Å². The van der Waals surface area contributed by atoms with Gasteiger partial charge in [-0.1, -0.05) is 19.8 Å². The van der Waals surface area contributed by atoms with Gasteiger partial charge in [-0.3, -0.25) is 0 Å². The third kappa shape index (κ3) is 3.32. The van der Waals surface area contributed by atoms with Crippen molar-refractivity contribution in [1.82, 2.24) is 24.7 Å². The van der Waals surface area contributed by atoms with Crippen LogP contribution in [0.1, 0.15) is 32.6 Å². The van der Waals surface area contributed by atoms with Crippen LogP contribution in [-0.4, -0.2) is 37.8 Å². The molecular formula is C14H19ClN6. The van der Waals surface area contributed by atoms with E-state index in [4.69, 9.17) is 11.6 Å². The highest BCUT2D eigenvalue weighted by Crippen LogP contribution is 2.24. The van der Waals surface area contributed by atoms with Gasteiger partial charge in [-0.15, -0.1) is 0 Å². The van der Waals surface area contributed by atoms with Gasteiger partial charge < -0.3 is 4.90 Å². The molecule has 0 amide bonds. The van der Waals surface area contributed by atoms with Crippen LogP contribution in [0, 0.1) is 5.92 Å². The molecule has 2 aromatic rings. The molecule has 0 atom stereocenters. The lowest BCUT2D eigenvalue weighted by molar-refractivity contribution is 0.375. The summed E-state index contributed by atoms with van der Waals surface area (Å²) in [4.78, 5) is 15.1. The predicted octanol–water partition coefficient (Wildman–Crippen LogP) is 2.73. The second-order valence-corrected chi connectivity index (χ2v) is 5.71. The molecule has 0 aromatic carbocycles. The van der Waals surface area contributed by atoms with Crippen LogP contribution in [0.25, 0.3) is 5.95 Å². The summed E-state index contributed by atoms with van der Waals surface area (Å²) in [5.41, 5.74) is 0. The van der Waals surface area contributed by atoms with Crippen molar-refractivity contribution in [1.29, 1.82) is 0 Å². The summed E-state index contributed by atoms with van der Waals surface area (Å²) in [5.74, 6) is 1.94. The number of hydrogen-bond acceptors (Lipinski definition) is 5.